The zero-order valence-corrected chi connectivity index (χ0v) is 13.0. The second-order valence-electron chi connectivity index (χ2n) is 4.99. The molecule has 1 aliphatic carbocycles. The number of hydrogen-bond donors (Lipinski definition) is 1. The Morgan fingerprint density at radius 3 is 2.95 bits per heavy atom. The SMILES string of the molecule is O=C(Nc1nc(-c2ccccc2Cl)cs1)[C@@H]1CC=CCC1. The van der Waals surface area contributed by atoms with Crippen LogP contribution in [0, 0.1) is 5.92 Å². The number of carbonyl (C=O) groups is 1. The zero-order valence-electron chi connectivity index (χ0n) is 11.4. The molecule has 21 heavy (non-hydrogen) atoms. The first-order valence-electron chi connectivity index (χ1n) is 6.90. The fourth-order valence-corrected chi connectivity index (χ4v) is 3.31. The molecule has 1 amide bonds. The van der Waals surface area contributed by atoms with Gasteiger partial charge in [0.1, 0.15) is 0 Å². The van der Waals surface area contributed by atoms with E-state index in [9.17, 15) is 4.79 Å². The van der Waals surface area contributed by atoms with Gasteiger partial charge in [0.25, 0.3) is 0 Å². The number of nitrogens with zero attached hydrogens (tertiary/aromatic N) is 1. The van der Waals surface area contributed by atoms with Crippen LogP contribution in [0.3, 0.4) is 0 Å². The molecule has 0 fully saturated rings. The van der Waals surface area contributed by atoms with E-state index in [1.165, 1.54) is 11.3 Å². The van der Waals surface area contributed by atoms with Gasteiger partial charge in [-0.25, -0.2) is 4.98 Å². The number of carbonyl (C=O) groups excluding carboxylic acids is 1. The lowest BCUT2D eigenvalue weighted by molar-refractivity contribution is -0.120. The van der Waals surface area contributed by atoms with Crippen LogP contribution in [-0.2, 0) is 4.79 Å². The van der Waals surface area contributed by atoms with Crippen LogP contribution < -0.4 is 5.32 Å². The Bertz CT molecular complexity index is 680. The maximum absolute atomic E-state index is 12.2. The number of benzene rings is 1. The molecule has 3 nitrogen and oxygen atoms in total. The highest BCUT2D eigenvalue weighted by molar-refractivity contribution is 7.14. The van der Waals surface area contributed by atoms with Gasteiger partial charge in [0.2, 0.25) is 5.91 Å². The van der Waals surface area contributed by atoms with Gasteiger partial charge in [0.05, 0.1) is 5.69 Å². The molecular weight excluding hydrogens is 304 g/mol. The van der Waals surface area contributed by atoms with Crippen LogP contribution in [0.2, 0.25) is 5.02 Å². The van der Waals surface area contributed by atoms with E-state index in [0.29, 0.717) is 10.2 Å². The van der Waals surface area contributed by atoms with Crippen molar-refractivity contribution in [2.45, 2.75) is 19.3 Å². The summed E-state index contributed by atoms with van der Waals surface area (Å²) in [6.07, 6.45) is 6.90. The molecule has 0 radical (unpaired) electrons. The molecule has 0 saturated heterocycles. The minimum atomic E-state index is 0.0550. The average Bonchev–Trinajstić information content (AvgIpc) is 2.97. The molecule has 0 spiro atoms. The van der Waals surface area contributed by atoms with Crippen molar-refractivity contribution in [2.75, 3.05) is 5.32 Å². The highest BCUT2D eigenvalue weighted by atomic mass is 35.5. The number of rotatable bonds is 3. The molecule has 5 heteroatoms. The summed E-state index contributed by atoms with van der Waals surface area (Å²) >= 11 is 7.59. The fraction of sp³-hybridized carbons (Fsp3) is 0.250. The minimum Gasteiger partial charge on any atom is -0.302 e. The summed E-state index contributed by atoms with van der Waals surface area (Å²) in [5.74, 6) is 0.113. The molecule has 1 atom stereocenters. The van der Waals surface area contributed by atoms with E-state index in [1.54, 1.807) is 0 Å². The van der Waals surface area contributed by atoms with E-state index in [0.717, 1.165) is 30.5 Å². The Balaban J connectivity index is 1.72. The lowest BCUT2D eigenvalue weighted by Crippen LogP contribution is -2.23. The smallest absolute Gasteiger partial charge is 0.229 e. The third-order valence-electron chi connectivity index (χ3n) is 3.52. The Labute approximate surface area is 132 Å². The second kappa shape index (κ2) is 6.41. The summed E-state index contributed by atoms with van der Waals surface area (Å²) < 4.78 is 0. The van der Waals surface area contributed by atoms with Gasteiger partial charge in [-0.1, -0.05) is 42.0 Å². The van der Waals surface area contributed by atoms with Crippen LogP contribution >= 0.6 is 22.9 Å². The second-order valence-corrected chi connectivity index (χ2v) is 6.25. The van der Waals surface area contributed by atoms with Gasteiger partial charge >= 0.3 is 0 Å². The summed E-state index contributed by atoms with van der Waals surface area (Å²) in [6, 6.07) is 7.57. The van der Waals surface area contributed by atoms with Crippen molar-refractivity contribution >= 4 is 34.0 Å². The summed E-state index contributed by atoms with van der Waals surface area (Å²) in [6.45, 7) is 0. The molecule has 0 saturated carbocycles. The third kappa shape index (κ3) is 3.34. The standard InChI is InChI=1S/C16H15ClN2OS/c17-13-9-5-4-8-12(13)14-10-21-16(18-14)19-15(20)11-6-2-1-3-7-11/h1-2,4-5,8-11H,3,6-7H2,(H,18,19,20)/t11-/m1/s1. The third-order valence-corrected chi connectivity index (χ3v) is 4.61. The maximum Gasteiger partial charge on any atom is 0.229 e. The van der Waals surface area contributed by atoms with E-state index in [-0.39, 0.29) is 11.8 Å². The van der Waals surface area contributed by atoms with Crippen molar-refractivity contribution in [3.8, 4) is 11.3 Å². The van der Waals surface area contributed by atoms with Crippen molar-refractivity contribution in [1.29, 1.82) is 0 Å². The normalized spacial score (nSPS) is 17.7. The Hall–Kier alpha value is -1.65. The first-order valence-corrected chi connectivity index (χ1v) is 8.16. The topological polar surface area (TPSA) is 42.0 Å². The van der Waals surface area contributed by atoms with Gasteiger partial charge in [-0.3, -0.25) is 4.79 Å². The number of nitrogens with one attached hydrogen (secondary N) is 1. The molecule has 1 aromatic carbocycles. The molecule has 1 aromatic heterocycles. The Morgan fingerprint density at radius 1 is 1.33 bits per heavy atom. The summed E-state index contributed by atoms with van der Waals surface area (Å²) in [5.41, 5.74) is 1.68. The van der Waals surface area contributed by atoms with Gasteiger partial charge in [-0.15, -0.1) is 11.3 Å². The molecule has 1 aliphatic rings. The van der Waals surface area contributed by atoms with Crippen LogP contribution in [0.1, 0.15) is 19.3 Å². The highest BCUT2D eigenvalue weighted by Crippen LogP contribution is 2.30. The van der Waals surface area contributed by atoms with Crippen LogP contribution in [0.25, 0.3) is 11.3 Å². The fourth-order valence-electron chi connectivity index (χ4n) is 2.36. The highest BCUT2D eigenvalue weighted by Gasteiger charge is 2.19. The Morgan fingerprint density at radius 2 is 2.19 bits per heavy atom. The van der Waals surface area contributed by atoms with Crippen molar-refractivity contribution < 1.29 is 4.79 Å². The molecule has 0 aliphatic heterocycles. The summed E-state index contributed by atoms with van der Waals surface area (Å²) in [5, 5.41) is 6.12. The Kier molecular flexibility index (Phi) is 4.36. The number of allylic oxidation sites excluding steroid dienone is 2. The molecule has 108 valence electrons. The van der Waals surface area contributed by atoms with Gasteiger partial charge in [-0.05, 0) is 25.3 Å². The molecular formula is C16H15ClN2OS. The molecule has 3 rings (SSSR count). The van der Waals surface area contributed by atoms with Gasteiger partial charge in [-0.2, -0.15) is 0 Å². The molecule has 1 heterocycles. The van der Waals surface area contributed by atoms with Gasteiger partial charge in [0.15, 0.2) is 5.13 Å². The quantitative estimate of drug-likeness (QED) is 0.829. The van der Waals surface area contributed by atoms with Crippen LogP contribution in [0.5, 0.6) is 0 Å². The predicted molar refractivity (Wildman–Crippen MR) is 87.7 cm³/mol. The number of halogens is 1. The molecule has 1 N–H and O–H groups in total. The monoisotopic (exact) mass is 318 g/mol. The number of hydrogen-bond acceptors (Lipinski definition) is 3. The van der Waals surface area contributed by atoms with Crippen molar-refractivity contribution in [3.63, 3.8) is 0 Å². The van der Waals surface area contributed by atoms with E-state index in [4.69, 9.17) is 11.6 Å². The largest absolute Gasteiger partial charge is 0.302 e. The first kappa shape index (κ1) is 14.3. The van der Waals surface area contributed by atoms with E-state index >= 15 is 0 Å². The first-order chi connectivity index (χ1) is 10.2. The number of amides is 1. The van der Waals surface area contributed by atoms with E-state index in [1.807, 2.05) is 29.6 Å². The molecule has 2 aromatic rings. The minimum absolute atomic E-state index is 0.0550. The van der Waals surface area contributed by atoms with Crippen LogP contribution in [0.15, 0.2) is 41.8 Å². The zero-order chi connectivity index (χ0) is 14.7. The summed E-state index contributed by atoms with van der Waals surface area (Å²) in [4.78, 5) is 16.6. The number of anilines is 1. The van der Waals surface area contributed by atoms with Crippen molar-refractivity contribution in [3.05, 3.63) is 46.8 Å². The van der Waals surface area contributed by atoms with E-state index in [2.05, 4.69) is 22.5 Å². The number of aromatic nitrogens is 1. The lowest BCUT2D eigenvalue weighted by atomic mass is 9.94. The average molecular weight is 319 g/mol. The lowest BCUT2D eigenvalue weighted by Gasteiger charge is -2.15. The maximum atomic E-state index is 12.2. The van der Waals surface area contributed by atoms with Gasteiger partial charge < -0.3 is 5.32 Å². The predicted octanol–water partition coefficient (Wildman–Crippen LogP) is 4.76. The van der Waals surface area contributed by atoms with Crippen LogP contribution in [0.4, 0.5) is 5.13 Å². The van der Waals surface area contributed by atoms with E-state index < -0.39 is 0 Å². The molecule has 0 bridgehead atoms. The van der Waals surface area contributed by atoms with Crippen molar-refractivity contribution in [1.82, 2.24) is 4.98 Å². The van der Waals surface area contributed by atoms with Gasteiger partial charge in [0, 0.05) is 21.9 Å². The molecule has 0 unspecified atom stereocenters. The van der Waals surface area contributed by atoms with Crippen LogP contribution in [-0.4, -0.2) is 10.9 Å². The van der Waals surface area contributed by atoms with Crippen molar-refractivity contribution in [2.24, 2.45) is 5.92 Å². The number of thiazole rings is 1. The summed E-state index contributed by atoms with van der Waals surface area (Å²) in [7, 11) is 0.